The Morgan fingerprint density at radius 1 is 1.09 bits per heavy atom. The van der Waals surface area contributed by atoms with Crippen molar-refractivity contribution in [1.29, 1.82) is 0 Å². The van der Waals surface area contributed by atoms with Crippen LogP contribution in [0.25, 0.3) is 22.1 Å². The van der Waals surface area contributed by atoms with E-state index < -0.39 is 0 Å². The Balaban J connectivity index is 1.86. The maximum Gasteiger partial charge on any atom is 0.297 e. The monoisotopic (exact) mass is 309 g/mol. The largest absolute Gasteiger partial charge is 0.448 e. The molecule has 0 spiro atoms. The Morgan fingerprint density at radius 3 is 2.61 bits per heavy atom. The van der Waals surface area contributed by atoms with Gasteiger partial charge in [-0.15, -0.1) is 0 Å². The van der Waals surface area contributed by atoms with Crippen molar-refractivity contribution < 1.29 is 4.42 Å². The van der Waals surface area contributed by atoms with Gasteiger partial charge >= 0.3 is 0 Å². The van der Waals surface area contributed by atoms with Crippen molar-refractivity contribution in [3.63, 3.8) is 0 Å². The number of benzene rings is 1. The van der Waals surface area contributed by atoms with E-state index in [1.54, 1.807) is 6.07 Å². The highest BCUT2D eigenvalue weighted by molar-refractivity contribution is 6.01. The SMILES string of the molecule is Nc1nc(N)nc(Cn2cnc3c(oc4ccccc43)c2=O)n1. The fourth-order valence-electron chi connectivity index (χ4n) is 2.41. The zero-order valence-electron chi connectivity index (χ0n) is 11.8. The van der Waals surface area contributed by atoms with Crippen molar-refractivity contribution >= 4 is 34.0 Å². The zero-order chi connectivity index (χ0) is 16.0. The van der Waals surface area contributed by atoms with Gasteiger partial charge in [-0.25, -0.2) is 4.98 Å². The highest BCUT2D eigenvalue weighted by Crippen LogP contribution is 2.24. The van der Waals surface area contributed by atoms with Crippen molar-refractivity contribution in [1.82, 2.24) is 24.5 Å². The first kappa shape index (κ1) is 13.2. The molecule has 23 heavy (non-hydrogen) atoms. The van der Waals surface area contributed by atoms with Crippen LogP contribution in [0.15, 0.2) is 39.8 Å². The van der Waals surface area contributed by atoms with Crippen molar-refractivity contribution in [3.8, 4) is 0 Å². The van der Waals surface area contributed by atoms with E-state index in [0.29, 0.717) is 11.1 Å². The van der Waals surface area contributed by atoms with Gasteiger partial charge in [-0.1, -0.05) is 12.1 Å². The number of nitrogens with zero attached hydrogens (tertiary/aromatic N) is 5. The molecule has 0 bridgehead atoms. The Morgan fingerprint density at radius 2 is 1.83 bits per heavy atom. The summed E-state index contributed by atoms with van der Waals surface area (Å²) in [5, 5.41) is 0.792. The molecule has 9 heteroatoms. The van der Waals surface area contributed by atoms with Gasteiger partial charge in [-0.05, 0) is 12.1 Å². The molecule has 0 aliphatic rings. The lowest BCUT2D eigenvalue weighted by Gasteiger charge is -2.04. The van der Waals surface area contributed by atoms with Crippen molar-refractivity contribution in [3.05, 3.63) is 46.8 Å². The molecule has 114 valence electrons. The van der Waals surface area contributed by atoms with E-state index in [-0.39, 0.29) is 35.4 Å². The molecule has 0 aliphatic heterocycles. The molecular weight excluding hydrogens is 298 g/mol. The number of anilines is 2. The van der Waals surface area contributed by atoms with Gasteiger partial charge in [-0.2, -0.15) is 15.0 Å². The number of hydrogen-bond donors (Lipinski definition) is 2. The average Bonchev–Trinajstić information content (AvgIpc) is 2.89. The van der Waals surface area contributed by atoms with Crippen molar-refractivity contribution in [2.45, 2.75) is 6.54 Å². The van der Waals surface area contributed by atoms with E-state index in [1.807, 2.05) is 18.2 Å². The molecule has 3 heterocycles. The predicted octanol–water partition coefficient (Wildman–Crippen LogP) is 0.540. The van der Waals surface area contributed by atoms with E-state index in [9.17, 15) is 4.79 Å². The molecule has 0 fully saturated rings. The lowest BCUT2D eigenvalue weighted by Crippen LogP contribution is -2.22. The molecular formula is C14H11N7O2. The highest BCUT2D eigenvalue weighted by Gasteiger charge is 2.14. The third kappa shape index (κ3) is 2.14. The van der Waals surface area contributed by atoms with Gasteiger partial charge in [0.05, 0.1) is 12.9 Å². The van der Waals surface area contributed by atoms with E-state index in [2.05, 4.69) is 19.9 Å². The number of para-hydroxylation sites is 1. The Bertz CT molecular complexity index is 1080. The second-order valence-corrected chi connectivity index (χ2v) is 4.92. The van der Waals surface area contributed by atoms with Crippen LogP contribution in [0.4, 0.5) is 11.9 Å². The molecule has 9 nitrogen and oxygen atoms in total. The van der Waals surface area contributed by atoms with Gasteiger partial charge in [0.2, 0.25) is 17.5 Å². The van der Waals surface area contributed by atoms with E-state index in [4.69, 9.17) is 15.9 Å². The fraction of sp³-hybridized carbons (Fsp3) is 0.0714. The summed E-state index contributed by atoms with van der Waals surface area (Å²) >= 11 is 0. The molecule has 0 saturated heterocycles. The molecule has 0 unspecified atom stereocenters. The third-order valence-electron chi connectivity index (χ3n) is 3.38. The van der Waals surface area contributed by atoms with Crippen LogP contribution in [0.2, 0.25) is 0 Å². The van der Waals surface area contributed by atoms with Crippen molar-refractivity contribution in [2.75, 3.05) is 11.5 Å². The third-order valence-corrected chi connectivity index (χ3v) is 3.38. The van der Waals surface area contributed by atoms with Crippen molar-refractivity contribution in [2.24, 2.45) is 0 Å². The Labute approximate surface area is 128 Å². The van der Waals surface area contributed by atoms with Crippen LogP contribution < -0.4 is 17.0 Å². The number of fused-ring (bicyclic) bond motifs is 3. The second kappa shape index (κ2) is 4.77. The first-order valence-electron chi connectivity index (χ1n) is 6.74. The first-order valence-corrected chi connectivity index (χ1v) is 6.74. The van der Waals surface area contributed by atoms with Gasteiger partial charge < -0.3 is 15.9 Å². The normalized spacial score (nSPS) is 11.3. The van der Waals surface area contributed by atoms with Gasteiger partial charge in [-0.3, -0.25) is 9.36 Å². The van der Waals surface area contributed by atoms with Crippen LogP contribution >= 0.6 is 0 Å². The molecule has 0 atom stereocenters. The lowest BCUT2D eigenvalue weighted by molar-refractivity contribution is 0.636. The summed E-state index contributed by atoms with van der Waals surface area (Å²) < 4.78 is 6.94. The van der Waals surface area contributed by atoms with Crippen LogP contribution in [-0.4, -0.2) is 24.5 Å². The minimum absolute atomic E-state index is 0.00155. The van der Waals surface area contributed by atoms with Gasteiger partial charge in [0, 0.05) is 5.39 Å². The summed E-state index contributed by atoms with van der Waals surface area (Å²) in [5.74, 6) is 0.269. The molecule has 3 aromatic heterocycles. The van der Waals surface area contributed by atoms with Gasteiger partial charge in [0.25, 0.3) is 5.56 Å². The zero-order valence-corrected chi connectivity index (χ0v) is 11.8. The van der Waals surface area contributed by atoms with Crippen LogP contribution in [0.5, 0.6) is 0 Å². The molecule has 0 saturated carbocycles. The summed E-state index contributed by atoms with van der Waals surface area (Å²) in [6.07, 6.45) is 1.42. The van der Waals surface area contributed by atoms with E-state index >= 15 is 0 Å². The maximum atomic E-state index is 12.6. The van der Waals surface area contributed by atoms with Crippen LogP contribution in [0.3, 0.4) is 0 Å². The average molecular weight is 309 g/mol. The number of rotatable bonds is 2. The summed E-state index contributed by atoms with van der Waals surface area (Å²) in [6, 6.07) is 7.33. The number of furan rings is 1. The predicted molar refractivity (Wildman–Crippen MR) is 83.5 cm³/mol. The number of aromatic nitrogens is 5. The molecule has 0 radical (unpaired) electrons. The summed E-state index contributed by atoms with van der Waals surface area (Å²) in [7, 11) is 0. The van der Waals surface area contributed by atoms with Gasteiger partial charge in [0.15, 0.2) is 5.82 Å². The molecule has 0 aliphatic carbocycles. The van der Waals surface area contributed by atoms with E-state index in [0.717, 1.165) is 5.39 Å². The minimum Gasteiger partial charge on any atom is -0.448 e. The summed E-state index contributed by atoms with van der Waals surface area (Å²) in [5.41, 5.74) is 12.0. The fourth-order valence-corrected chi connectivity index (χ4v) is 2.41. The van der Waals surface area contributed by atoms with E-state index in [1.165, 1.54) is 10.9 Å². The van der Waals surface area contributed by atoms with Crippen LogP contribution in [0.1, 0.15) is 5.82 Å². The summed E-state index contributed by atoms with van der Waals surface area (Å²) in [4.78, 5) is 28.5. The number of nitrogens with two attached hydrogens (primary N) is 2. The van der Waals surface area contributed by atoms with Gasteiger partial charge in [0.1, 0.15) is 11.1 Å². The van der Waals surface area contributed by atoms with Crippen LogP contribution in [0, 0.1) is 0 Å². The molecule has 0 amide bonds. The minimum atomic E-state index is -0.330. The number of nitrogen functional groups attached to an aromatic ring is 2. The topological polar surface area (TPSA) is 139 Å². The smallest absolute Gasteiger partial charge is 0.297 e. The quantitative estimate of drug-likeness (QED) is 0.547. The van der Waals surface area contributed by atoms with Crippen LogP contribution in [-0.2, 0) is 6.54 Å². The maximum absolute atomic E-state index is 12.6. The standard InChI is InChI=1S/C14H11N7O2/c15-13-18-9(19-14(16)20-13)5-21-6-17-10-7-3-1-2-4-8(7)23-11(10)12(21)22/h1-4,6H,5H2,(H4,15,16,18,19,20). The summed E-state index contributed by atoms with van der Waals surface area (Å²) in [6.45, 7) is 0.0652. The Kier molecular flexibility index (Phi) is 2.73. The lowest BCUT2D eigenvalue weighted by atomic mass is 10.2. The first-order chi connectivity index (χ1) is 11.1. The molecule has 1 aromatic carbocycles. The molecule has 4 rings (SSSR count). The molecule has 4 N–H and O–H groups in total. The number of hydrogen-bond acceptors (Lipinski definition) is 8. The highest BCUT2D eigenvalue weighted by atomic mass is 16.3. The molecule has 4 aromatic rings. The Hall–Kier alpha value is -3.49. The second-order valence-electron chi connectivity index (χ2n) is 4.92.